The van der Waals surface area contributed by atoms with E-state index in [0.29, 0.717) is 12.6 Å². The summed E-state index contributed by atoms with van der Waals surface area (Å²) in [4.78, 5) is 11.5. The van der Waals surface area contributed by atoms with Crippen molar-refractivity contribution in [3.8, 4) is 0 Å². The summed E-state index contributed by atoms with van der Waals surface area (Å²) in [5.41, 5.74) is -2.77. The van der Waals surface area contributed by atoms with E-state index in [1.54, 1.807) is 0 Å². The largest absolute Gasteiger partial charge is 0.338 e. The second-order valence-corrected chi connectivity index (χ2v) is 9.89. The van der Waals surface area contributed by atoms with Gasteiger partial charge >= 0.3 is 0 Å². The highest BCUT2D eigenvalue weighted by atomic mass is 32.9. The maximum atomic E-state index is 9.23. The highest BCUT2D eigenvalue weighted by Crippen LogP contribution is 2.46. The van der Waals surface area contributed by atoms with E-state index in [9.17, 15) is 4.89 Å². The molecule has 0 aromatic carbocycles. The first kappa shape index (κ1) is 14.9. The molecule has 1 rings (SSSR count). The summed E-state index contributed by atoms with van der Waals surface area (Å²) in [7, 11) is 2.12. The van der Waals surface area contributed by atoms with Gasteiger partial charge in [-0.05, 0) is 37.6 Å². The van der Waals surface area contributed by atoms with Gasteiger partial charge in [0.15, 0.2) is 0 Å². The Morgan fingerprint density at radius 3 is 2.81 bits per heavy atom. The van der Waals surface area contributed by atoms with Crippen LogP contribution in [-0.4, -0.2) is 36.0 Å². The lowest BCUT2D eigenvalue weighted by Gasteiger charge is -2.34. The predicted molar refractivity (Wildman–Crippen MR) is 75.5 cm³/mol. The molecule has 3 nitrogen and oxygen atoms in total. The third-order valence-electron chi connectivity index (χ3n) is 3.24. The minimum atomic E-state index is -2.77. The van der Waals surface area contributed by atoms with Crippen molar-refractivity contribution in [1.29, 1.82) is 0 Å². The average Bonchev–Trinajstić information content (AvgIpc) is 2.15. The van der Waals surface area contributed by atoms with Crippen LogP contribution in [0.3, 0.4) is 0 Å². The van der Waals surface area contributed by atoms with Gasteiger partial charge in [0.2, 0.25) is 5.69 Å². The Bertz CT molecular complexity index is 259. The van der Waals surface area contributed by atoms with Crippen LogP contribution < -0.4 is 0 Å². The van der Waals surface area contributed by atoms with Crippen molar-refractivity contribution in [1.82, 2.24) is 4.90 Å². The second-order valence-electron chi connectivity index (χ2n) is 4.73. The number of thiol groups is 1. The smallest absolute Gasteiger partial charge is 0.241 e. The molecule has 96 valence electrons. The highest BCUT2D eigenvalue weighted by Gasteiger charge is 2.22. The Kier molecular flexibility index (Phi) is 6.27. The quantitative estimate of drug-likeness (QED) is 0.600. The lowest BCUT2D eigenvalue weighted by Crippen LogP contribution is -2.37. The van der Waals surface area contributed by atoms with Gasteiger partial charge in [0.1, 0.15) is 0 Å². The number of hydrogen-bond acceptors (Lipinski definition) is 3. The molecule has 0 saturated heterocycles. The van der Waals surface area contributed by atoms with E-state index < -0.39 is 5.69 Å². The molecule has 6 heteroatoms. The SMILES string of the molecule is CC1CCCC(N(C)CCOP(O)(=S)S)C1. The maximum absolute atomic E-state index is 9.23. The maximum Gasteiger partial charge on any atom is 0.241 e. The van der Waals surface area contributed by atoms with Crippen LogP contribution in [-0.2, 0) is 16.3 Å². The molecule has 0 heterocycles. The number of likely N-dealkylation sites (N-methyl/N-ethyl adjacent to an activating group) is 1. The average molecular weight is 283 g/mol. The first-order valence-electron chi connectivity index (χ1n) is 5.79. The van der Waals surface area contributed by atoms with Gasteiger partial charge in [-0.3, -0.25) is 0 Å². The normalized spacial score (nSPS) is 30.3. The Morgan fingerprint density at radius 2 is 2.25 bits per heavy atom. The van der Waals surface area contributed by atoms with Gasteiger partial charge in [0.25, 0.3) is 0 Å². The van der Waals surface area contributed by atoms with E-state index in [0.717, 1.165) is 12.5 Å². The molecule has 0 bridgehead atoms. The molecule has 0 amide bonds. The summed E-state index contributed by atoms with van der Waals surface area (Å²) in [5, 5.41) is 0. The molecular formula is C10H22NO2PS2. The van der Waals surface area contributed by atoms with Crippen LogP contribution in [0.2, 0.25) is 0 Å². The molecule has 0 radical (unpaired) electrons. The first-order valence-corrected chi connectivity index (χ1v) is 9.61. The van der Waals surface area contributed by atoms with Crippen molar-refractivity contribution in [3.05, 3.63) is 0 Å². The molecule has 0 aliphatic heterocycles. The molecule has 1 saturated carbocycles. The van der Waals surface area contributed by atoms with Crippen LogP contribution in [0.25, 0.3) is 0 Å². The summed E-state index contributed by atoms with van der Waals surface area (Å²) in [6.45, 7) is 3.60. The fourth-order valence-electron chi connectivity index (χ4n) is 2.29. The number of rotatable bonds is 5. The van der Waals surface area contributed by atoms with E-state index >= 15 is 0 Å². The molecule has 16 heavy (non-hydrogen) atoms. The molecule has 1 fully saturated rings. The van der Waals surface area contributed by atoms with Gasteiger partial charge in [-0.15, -0.1) is 0 Å². The van der Waals surface area contributed by atoms with Crippen molar-refractivity contribution < 1.29 is 9.42 Å². The first-order chi connectivity index (χ1) is 7.38. The van der Waals surface area contributed by atoms with Crippen LogP contribution >= 0.6 is 17.9 Å². The topological polar surface area (TPSA) is 32.7 Å². The molecular weight excluding hydrogens is 261 g/mol. The standard InChI is InChI=1S/C10H22NO2PS2/c1-9-4-3-5-10(8-9)11(2)6-7-13-14(12,15)16/h9-10H,3-8H2,1-2H3,(H2,12,15,16). The monoisotopic (exact) mass is 283 g/mol. The molecule has 1 aliphatic rings. The predicted octanol–water partition coefficient (Wildman–Crippen LogP) is 2.66. The third kappa shape index (κ3) is 5.99. The van der Waals surface area contributed by atoms with Gasteiger partial charge in [-0.25, -0.2) is 0 Å². The van der Waals surface area contributed by atoms with E-state index in [1.807, 2.05) is 0 Å². The zero-order valence-corrected chi connectivity index (χ0v) is 12.6. The van der Waals surface area contributed by atoms with Gasteiger partial charge < -0.3 is 14.3 Å². The molecule has 0 aromatic rings. The summed E-state index contributed by atoms with van der Waals surface area (Å²) >= 11 is 8.54. The van der Waals surface area contributed by atoms with E-state index in [4.69, 9.17) is 16.3 Å². The lowest BCUT2D eigenvalue weighted by molar-refractivity contribution is 0.142. The summed E-state index contributed by atoms with van der Waals surface area (Å²) in [5.74, 6) is 0.829. The second kappa shape index (κ2) is 6.72. The Balaban J connectivity index is 2.23. The molecule has 0 spiro atoms. The molecule has 3 atom stereocenters. The van der Waals surface area contributed by atoms with E-state index in [2.05, 4.69) is 31.1 Å². The molecule has 3 unspecified atom stereocenters. The van der Waals surface area contributed by atoms with Crippen LogP contribution in [0.5, 0.6) is 0 Å². The molecule has 0 aromatic heterocycles. The minimum absolute atomic E-state index is 0.471. The zero-order chi connectivity index (χ0) is 12.2. The number of hydrogen-bond donors (Lipinski definition) is 2. The van der Waals surface area contributed by atoms with Crippen molar-refractivity contribution >= 4 is 29.7 Å². The van der Waals surface area contributed by atoms with Crippen molar-refractivity contribution in [2.75, 3.05) is 20.2 Å². The van der Waals surface area contributed by atoms with Gasteiger partial charge in [-0.2, -0.15) is 0 Å². The van der Waals surface area contributed by atoms with Crippen molar-refractivity contribution in [2.24, 2.45) is 5.92 Å². The summed E-state index contributed by atoms with van der Waals surface area (Å²) in [6.07, 6.45) is 5.22. The van der Waals surface area contributed by atoms with Gasteiger partial charge in [0.05, 0.1) is 6.61 Å². The highest BCUT2D eigenvalue weighted by molar-refractivity contribution is 8.59. The number of nitrogens with zero attached hydrogens (tertiary/aromatic N) is 1. The third-order valence-corrected chi connectivity index (χ3v) is 4.42. The van der Waals surface area contributed by atoms with E-state index in [1.165, 1.54) is 25.7 Å². The fraction of sp³-hybridized carbons (Fsp3) is 1.00. The lowest BCUT2D eigenvalue weighted by atomic mass is 9.86. The van der Waals surface area contributed by atoms with Crippen molar-refractivity contribution in [2.45, 2.75) is 38.6 Å². The zero-order valence-electron chi connectivity index (χ0n) is 10.0. The Hall–Kier alpha value is 0.880. The summed E-state index contributed by atoms with van der Waals surface area (Å²) < 4.78 is 5.12. The van der Waals surface area contributed by atoms with Crippen LogP contribution in [0, 0.1) is 5.92 Å². The van der Waals surface area contributed by atoms with Crippen LogP contribution in [0.4, 0.5) is 0 Å². The molecule has 1 aliphatic carbocycles. The van der Waals surface area contributed by atoms with Gasteiger partial charge in [-0.1, -0.05) is 32.0 Å². The fourth-order valence-corrected chi connectivity index (χ4v) is 3.08. The van der Waals surface area contributed by atoms with E-state index in [-0.39, 0.29) is 0 Å². The van der Waals surface area contributed by atoms with Gasteiger partial charge in [0, 0.05) is 12.6 Å². The molecule has 1 N–H and O–H groups in total. The summed E-state index contributed by atoms with van der Waals surface area (Å²) in [6, 6.07) is 0.656. The Labute approximate surface area is 109 Å². The van der Waals surface area contributed by atoms with Crippen molar-refractivity contribution in [3.63, 3.8) is 0 Å². The minimum Gasteiger partial charge on any atom is -0.338 e. The Morgan fingerprint density at radius 1 is 1.56 bits per heavy atom. The van der Waals surface area contributed by atoms with Crippen LogP contribution in [0.1, 0.15) is 32.6 Å². The van der Waals surface area contributed by atoms with Crippen LogP contribution in [0.15, 0.2) is 0 Å².